The number of benzene rings is 1. The normalized spacial score (nSPS) is 11.5. The summed E-state index contributed by atoms with van der Waals surface area (Å²) in [6.45, 7) is 1.27. The lowest BCUT2D eigenvalue weighted by molar-refractivity contribution is -0.135. The van der Waals surface area contributed by atoms with Crippen LogP contribution < -0.4 is 14.8 Å². The van der Waals surface area contributed by atoms with Crippen LogP contribution in [0.3, 0.4) is 0 Å². The number of unbranched alkanes of at least 4 members (excludes halogenated alkanes) is 1. The fraction of sp³-hybridized carbons (Fsp3) is 0.438. The molecule has 0 spiro atoms. The van der Waals surface area contributed by atoms with Crippen molar-refractivity contribution >= 4 is 12.0 Å². The van der Waals surface area contributed by atoms with E-state index in [0.29, 0.717) is 23.7 Å². The van der Waals surface area contributed by atoms with Gasteiger partial charge in [-0.2, -0.15) is 13.2 Å². The Balaban J connectivity index is 2.66. The monoisotopic (exact) mass is 331 g/mol. The Kier molecular flexibility index (Phi) is 7.44. The molecule has 7 heteroatoms. The molecule has 4 nitrogen and oxygen atoms in total. The summed E-state index contributed by atoms with van der Waals surface area (Å²) < 4.78 is 46.7. The fourth-order valence-corrected chi connectivity index (χ4v) is 1.65. The molecule has 0 saturated carbocycles. The molecule has 0 atom stereocenters. The van der Waals surface area contributed by atoms with E-state index in [4.69, 9.17) is 9.47 Å². The number of rotatable bonds is 8. The number of halogens is 3. The van der Waals surface area contributed by atoms with Crippen LogP contribution in [0.25, 0.3) is 6.08 Å². The number of ether oxygens (including phenoxy) is 2. The smallest absolute Gasteiger partial charge is 0.405 e. The van der Waals surface area contributed by atoms with Gasteiger partial charge in [0, 0.05) is 6.08 Å². The number of hydrogen-bond donors (Lipinski definition) is 1. The quantitative estimate of drug-likeness (QED) is 0.585. The van der Waals surface area contributed by atoms with Crippen LogP contribution in [0.2, 0.25) is 0 Å². The van der Waals surface area contributed by atoms with Gasteiger partial charge < -0.3 is 14.8 Å². The van der Waals surface area contributed by atoms with Crippen molar-refractivity contribution in [1.29, 1.82) is 0 Å². The van der Waals surface area contributed by atoms with Crippen LogP contribution in [0, 0.1) is 0 Å². The number of hydrogen-bond acceptors (Lipinski definition) is 3. The highest BCUT2D eigenvalue weighted by Crippen LogP contribution is 2.28. The van der Waals surface area contributed by atoms with E-state index in [1.807, 2.05) is 0 Å². The zero-order valence-electron chi connectivity index (χ0n) is 13.1. The molecule has 0 saturated heterocycles. The van der Waals surface area contributed by atoms with E-state index in [1.54, 1.807) is 23.5 Å². The zero-order valence-corrected chi connectivity index (χ0v) is 13.1. The third-order valence-corrected chi connectivity index (χ3v) is 2.83. The molecular formula is C16H20F3NO3. The van der Waals surface area contributed by atoms with E-state index in [-0.39, 0.29) is 0 Å². The molecule has 0 fully saturated rings. The van der Waals surface area contributed by atoms with Crippen molar-refractivity contribution in [3.63, 3.8) is 0 Å². The van der Waals surface area contributed by atoms with Gasteiger partial charge in [0.15, 0.2) is 11.5 Å². The van der Waals surface area contributed by atoms with Gasteiger partial charge in [-0.1, -0.05) is 19.4 Å². The molecule has 1 N–H and O–H groups in total. The van der Waals surface area contributed by atoms with E-state index in [0.717, 1.165) is 18.9 Å². The van der Waals surface area contributed by atoms with Gasteiger partial charge in [0.1, 0.15) is 6.54 Å². The maximum atomic E-state index is 12.0. The van der Waals surface area contributed by atoms with Crippen LogP contribution in [0.5, 0.6) is 11.5 Å². The van der Waals surface area contributed by atoms with Crippen molar-refractivity contribution in [2.45, 2.75) is 25.9 Å². The summed E-state index contributed by atoms with van der Waals surface area (Å²) in [6.07, 6.45) is -0.0489. The Morgan fingerprint density at radius 3 is 2.65 bits per heavy atom. The van der Waals surface area contributed by atoms with Gasteiger partial charge in [-0.25, -0.2) is 0 Å². The van der Waals surface area contributed by atoms with Gasteiger partial charge in [0.25, 0.3) is 0 Å². The van der Waals surface area contributed by atoms with Crippen molar-refractivity contribution in [3.05, 3.63) is 29.8 Å². The zero-order chi connectivity index (χ0) is 17.3. The Hall–Kier alpha value is -2.18. The topological polar surface area (TPSA) is 47.6 Å². The maximum absolute atomic E-state index is 12.0. The van der Waals surface area contributed by atoms with Gasteiger partial charge >= 0.3 is 6.18 Å². The molecule has 0 aliphatic rings. The molecule has 1 aromatic carbocycles. The largest absolute Gasteiger partial charge is 0.493 e. The lowest BCUT2D eigenvalue weighted by Gasteiger charge is -2.11. The Morgan fingerprint density at radius 1 is 1.30 bits per heavy atom. The molecule has 0 bridgehead atoms. The van der Waals surface area contributed by atoms with Crippen molar-refractivity contribution < 1.29 is 27.4 Å². The predicted molar refractivity (Wildman–Crippen MR) is 81.5 cm³/mol. The first-order valence-electron chi connectivity index (χ1n) is 7.19. The average molecular weight is 331 g/mol. The van der Waals surface area contributed by atoms with Crippen LogP contribution >= 0.6 is 0 Å². The van der Waals surface area contributed by atoms with Gasteiger partial charge in [-0.05, 0) is 30.2 Å². The molecule has 1 aromatic rings. The summed E-state index contributed by atoms with van der Waals surface area (Å²) in [5.74, 6) is 0.267. The first-order valence-corrected chi connectivity index (χ1v) is 7.19. The molecule has 1 rings (SSSR count). The van der Waals surface area contributed by atoms with E-state index >= 15 is 0 Å². The average Bonchev–Trinajstić information content (AvgIpc) is 2.51. The summed E-state index contributed by atoms with van der Waals surface area (Å²) >= 11 is 0. The summed E-state index contributed by atoms with van der Waals surface area (Å²) in [6, 6.07) is 5.04. The third-order valence-electron chi connectivity index (χ3n) is 2.83. The Labute approximate surface area is 133 Å². The highest BCUT2D eigenvalue weighted by Gasteiger charge is 2.27. The van der Waals surface area contributed by atoms with Gasteiger partial charge in [-0.3, -0.25) is 4.79 Å². The van der Waals surface area contributed by atoms with E-state index in [9.17, 15) is 18.0 Å². The molecular weight excluding hydrogens is 311 g/mol. The number of carbonyl (C=O) groups excluding carboxylic acids is 1. The minimum absolute atomic E-state index is 0.499. The minimum atomic E-state index is -4.43. The van der Waals surface area contributed by atoms with Crippen molar-refractivity contribution in [1.82, 2.24) is 5.32 Å². The summed E-state index contributed by atoms with van der Waals surface area (Å²) in [5, 5.41) is 1.76. The van der Waals surface area contributed by atoms with Gasteiger partial charge in [-0.15, -0.1) is 0 Å². The van der Waals surface area contributed by atoms with Crippen LogP contribution in [0.15, 0.2) is 24.3 Å². The van der Waals surface area contributed by atoms with Crippen LogP contribution in [0.4, 0.5) is 13.2 Å². The highest BCUT2D eigenvalue weighted by atomic mass is 19.4. The molecule has 128 valence electrons. The number of methoxy groups -OCH3 is 1. The standard InChI is InChI=1S/C16H20F3NO3/c1-3-4-9-23-13-7-5-12(10-14(13)22-2)6-8-15(21)20-11-16(17,18)19/h5-8,10H,3-4,9,11H2,1-2H3,(H,20,21)/b8-6+. The summed E-state index contributed by atoms with van der Waals surface area (Å²) in [4.78, 5) is 11.3. The lowest BCUT2D eigenvalue weighted by atomic mass is 10.2. The Morgan fingerprint density at radius 2 is 2.04 bits per heavy atom. The molecule has 0 unspecified atom stereocenters. The van der Waals surface area contributed by atoms with E-state index in [2.05, 4.69) is 6.92 Å². The second kappa shape index (κ2) is 9.07. The van der Waals surface area contributed by atoms with Crippen molar-refractivity contribution in [2.24, 2.45) is 0 Å². The van der Waals surface area contributed by atoms with Crippen LogP contribution in [-0.2, 0) is 4.79 Å². The molecule has 0 aromatic heterocycles. The first kappa shape index (κ1) is 18.9. The molecule has 23 heavy (non-hydrogen) atoms. The number of amides is 1. The highest BCUT2D eigenvalue weighted by molar-refractivity contribution is 5.91. The number of carbonyl (C=O) groups is 1. The van der Waals surface area contributed by atoms with Gasteiger partial charge in [0.2, 0.25) is 5.91 Å². The van der Waals surface area contributed by atoms with E-state index in [1.165, 1.54) is 13.2 Å². The summed E-state index contributed by atoms with van der Waals surface area (Å²) in [7, 11) is 1.49. The molecule has 0 aliphatic heterocycles. The third kappa shape index (κ3) is 7.58. The predicted octanol–water partition coefficient (Wildman–Crippen LogP) is 3.57. The summed E-state index contributed by atoms with van der Waals surface area (Å²) in [5.41, 5.74) is 0.617. The van der Waals surface area contributed by atoms with Crippen molar-refractivity contribution in [2.75, 3.05) is 20.3 Å². The van der Waals surface area contributed by atoms with Crippen LogP contribution in [-0.4, -0.2) is 32.3 Å². The number of nitrogens with one attached hydrogen (secondary N) is 1. The minimum Gasteiger partial charge on any atom is -0.493 e. The second-order valence-electron chi connectivity index (χ2n) is 4.78. The molecule has 0 heterocycles. The maximum Gasteiger partial charge on any atom is 0.405 e. The van der Waals surface area contributed by atoms with Crippen molar-refractivity contribution in [3.8, 4) is 11.5 Å². The molecule has 1 amide bonds. The number of alkyl halides is 3. The van der Waals surface area contributed by atoms with Gasteiger partial charge in [0.05, 0.1) is 13.7 Å². The molecule has 0 aliphatic carbocycles. The van der Waals surface area contributed by atoms with E-state index < -0.39 is 18.6 Å². The second-order valence-corrected chi connectivity index (χ2v) is 4.78. The Bertz CT molecular complexity index is 542. The fourth-order valence-electron chi connectivity index (χ4n) is 1.65. The molecule has 0 radical (unpaired) electrons. The van der Waals surface area contributed by atoms with Crippen LogP contribution in [0.1, 0.15) is 25.3 Å². The lowest BCUT2D eigenvalue weighted by Crippen LogP contribution is -2.32. The SMILES string of the molecule is CCCCOc1ccc(/C=C/C(=O)NCC(F)(F)F)cc1OC. The first-order chi connectivity index (χ1) is 10.9.